The van der Waals surface area contributed by atoms with Crippen molar-refractivity contribution in [1.82, 2.24) is 15.2 Å². The van der Waals surface area contributed by atoms with E-state index in [-0.39, 0.29) is 29.3 Å². The van der Waals surface area contributed by atoms with Crippen molar-refractivity contribution in [2.24, 2.45) is 5.41 Å². The molecule has 0 aromatic carbocycles. The first-order valence-corrected chi connectivity index (χ1v) is 9.08. The van der Waals surface area contributed by atoms with Crippen molar-refractivity contribution in [3.63, 3.8) is 0 Å². The molecule has 1 aliphatic carbocycles. The second-order valence-electron chi connectivity index (χ2n) is 7.55. The monoisotopic (exact) mass is 345 g/mol. The van der Waals surface area contributed by atoms with Crippen LogP contribution in [-0.2, 0) is 4.79 Å². The molecular formula is C19H27N3O3. The molecule has 0 radical (unpaired) electrons. The summed E-state index contributed by atoms with van der Waals surface area (Å²) in [7, 11) is 0. The molecule has 6 nitrogen and oxygen atoms in total. The van der Waals surface area contributed by atoms with Gasteiger partial charge in [-0.05, 0) is 31.4 Å². The fourth-order valence-corrected chi connectivity index (χ4v) is 4.61. The fourth-order valence-electron chi connectivity index (χ4n) is 4.61. The second kappa shape index (κ2) is 7.12. The van der Waals surface area contributed by atoms with Crippen LogP contribution in [0.3, 0.4) is 0 Å². The third-order valence-corrected chi connectivity index (χ3v) is 5.94. The third-order valence-electron chi connectivity index (χ3n) is 5.94. The quantitative estimate of drug-likeness (QED) is 0.874. The number of aromatic nitrogens is 1. The van der Waals surface area contributed by atoms with E-state index < -0.39 is 6.10 Å². The number of hydrogen-bond donors (Lipinski definition) is 2. The zero-order valence-electron chi connectivity index (χ0n) is 14.9. The SMILES string of the molecule is CC(=O)N1[C@@H](CNC(=O)c2ccncc2)C[C@@]2(C)[C@@H](O)CCCC[C@@H]12. The Balaban J connectivity index is 1.74. The predicted octanol–water partition coefficient (Wildman–Crippen LogP) is 1.74. The summed E-state index contributed by atoms with van der Waals surface area (Å²) in [4.78, 5) is 30.4. The van der Waals surface area contributed by atoms with Crippen LogP contribution in [0, 0.1) is 5.41 Å². The van der Waals surface area contributed by atoms with E-state index in [2.05, 4.69) is 17.2 Å². The van der Waals surface area contributed by atoms with Gasteiger partial charge < -0.3 is 15.3 Å². The number of amides is 2. The number of aliphatic hydroxyl groups excluding tert-OH is 1. The van der Waals surface area contributed by atoms with Crippen molar-refractivity contribution in [2.75, 3.05) is 6.54 Å². The largest absolute Gasteiger partial charge is 0.392 e. The number of likely N-dealkylation sites (tertiary alicyclic amines) is 1. The van der Waals surface area contributed by atoms with Gasteiger partial charge in [0.15, 0.2) is 0 Å². The highest BCUT2D eigenvalue weighted by atomic mass is 16.3. The van der Waals surface area contributed by atoms with Crippen molar-refractivity contribution in [1.29, 1.82) is 0 Å². The van der Waals surface area contributed by atoms with Gasteiger partial charge in [0.2, 0.25) is 5.91 Å². The number of rotatable bonds is 3. The van der Waals surface area contributed by atoms with E-state index in [0.717, 1.165) is 32.1 Å². The molecule has 2 aliphatic rings. The molecule has 1 aromatic rings. The summed E-state index contributed by atoms with van der Waals surface area (Å²) in [5, 5.41) is 13.6. The highest BCUT2D eigenvalue weighted by molar-refractivity contribution is 5.94. The highest BCUT2D eigenvalue weighted by Gasteiger charge is 2.54. The van der Waals surface area contributed by atoms with Gasteiger partial charge in [-0.2, -0.15) is 0 Å². The minimum atomic E-state index is -0.400. The van der Waals surface area contributed by atoms with Crippen molar-refractivity contribution < 1.29 is 14.7 Å². The molecule has 0 spiro atoms. The molecule has 0 bridgehead atoms. The number of carbonyl (C=O) groups is 2. The molecule has 3 rings (SSSR count). The van der Waals surface area contributed by atoms with Gasteiger partial charge in [-0.3, -0.25) is 14.6 Å². The Hall–Kier alpha value is -1.95. The zero-order valence-corrected chi connectivity index (χ0v) is 14.9. The highest BCUT2D eigenvalue weighted by Crippen LogP contribution is 2.48. The van der Waals surface area contributed by atoms with Crippen LogP contribution in [0.2, 0.25) is 0 Å². The number of fused-ring (bicyclic) bond motifs is 1. The first-order chi connectivity index (χ1) is 11.9. The molecule has 1 aromatic heterocycles. The summed E-state index contributed by atoms with van der Waals surface area (Å²) in [5.74, 6) is -0.144. The number of hydrogen-bond acceptors (Lipinski definition) is 4. The smallest absolute Gasteiger partial charge is 0.251 e. The van der Waals surface area contributed by atoms with E-state index in [9.17, 15) is 14.7 Å². The van der Waals surface area contributed by atoms with Crippen molar-refractivity contribution in [3.05, 3.63) is 30.1 Å². The maximum Gasteiger partial charge on any atom is 0.251 e. The van der Waals surface area contributed by atoms with Crippen LogP contribution in [0.15, 0.2) is 24.5 Å². The molecule has 0 unspecified atom stereocenters. The molecule has 1 aliphatic heterocycles. The number of nitrogens with one attached hydrogen (secondary N) is 1. The Morgan fingerprint density at radius 1 is 1.32 bits per heavy atom. The lowest BCUT2D eigenvalue weighted by Crippen LogP contribution is -2.48. The maximum atomic E-state index is 12.3. The number of carbonyl (C=O) groups excluding carboxylic acids is 2. The van der Waals surface area contributed by atoms with Crippen LogP contribution in [0.5, 0.6) is 0 Å². The van der Waals surface area contributed by atoms with Crippen molar-refractivity contribution in [2.45, 2.75) is 64.1 Å². The van der Waals surface area contributed by atoms with Gasteiger partial charge in [-0.15, -0.1) is 0 Å². The molecule has 4 atom stereocenters. The van der Waals surface area contributed by atoms with E-state index in [1.165, 1.54) is 0 Å². The van der Waals surface area contributed by atoms with Gasteiger partial charge >= 0.3 is 0 Å². The summed E-state index contributed by atoms with van der Waals surface area (Å²) in [5.41, 5.74) is 0.261. The van der Waals surface area contributed by atoms with Crippen molar-refractivity contribution in [3.8, 4) is 0 Å². The molecule has 136 valence electrons. The Labute approximate surface area is 148 Å². The Morgan fingerprint density at radius 2 is 2.00 bits per heavy atom. The first-order valence-electron chi connectivity index (χ1n) is 9.08. The molecule has 1 saturated heterocycles. The molecule has 2 fully saturated rings. The van der Waals surface area contributed by atoms with E-state index in [1.807, 2.05) is 4.90 Å². The van der Waals surface area contributed by atoms with Crippen LogP contribution >= 0.6 is 0 Å². The number of nitrogens with zero attached hydrogens (tertiary/aromatic N) is 2. The summed E-state index contributed by atoms with van der Waals surface area (Å²) < 4.78 is 0. The maximum absolute atomic E-state index is 12.3. The second-order valence-corrected chi connectivity index (χ2v) is 7.55. The Morgan fingerprint density at radius 3 is 2.68 bits per heavy atom. The van der Waals surface area contributed by atoms with Gasteiger partial charge in [-0.25, -0.2) is 0 Å². The van der Waals surface area contributed by atoms with E-state index in [1.54, 1.807) is 31.5 Å². The normalized spacial score (nSPS) is 32.0. The zero-order chi connectivity index (χ0) is 18.0. The van der Waals surface area contributed by atoms with Gasteiger partial charge in [0.1, 0.15) is 0 Å². The Bertz CT molecular complexity index is 636. The average molecular weight is 345 g/mol. The molecule has 25 heavy (non-hydrogen) atoms. The third kappa shape index (κ3) is 3.40. The summed E-state index contributed by atoms with van der Waals surface area (Å²) in [6.07, 6.45) is 7.22. The van der Waals surface area contributed by atoms with Crippen molar-refractivity contribution >= 4 is 11.8 Å². The van der Waals surface area contributed by atoms with Crippen LogP contribution in [0.4, 0.5) is 0 Å². The van der Waals surface area contributed by atoms with Crippen LogP contribution in [0.1, 0.15) is 56.3 Å². The fraction of sp³-hybridized carbons (Fsp3) is 0.632. The Kier molecular flexibility index (Phi) is 5.08. The van der Waals surface area contributed by atoms with Crippen LogP contribution in [-0.4, -0.2) is 51.5 Å². The van der Waals surface area contributed by atoms with Crippen LogP contribution in [0.25, 0.3) is 0 Å². The molecule has 1 saturated carbocycles. The minimum Gasteiger partial charge on any atom is -0.392 e. The standard InChI is InChI=1S/C19H27N3O3/c1-13(23)22-15(12-21-18(25)14-7-9-20-10-8-14)11-19(2)16(22)5-3-4-6-17(19)24/h7-10,15-17,24H,3-6,11-12H2,1-2H3,(H,21,25)/t15-,16-,17+,19-/m1/s1. The number of pyridine rings is 1. The van der Waals surface area contributed by atoms with Gasteiger partial charge in [0.05, 0.1) is 12.1 Å². The predicted molar refractivity (Wildman–Crippen MR) is 93.9 cm³/mol. The minimum absolute atomic E-state index is 0.0194. The molecule has 2 N–H and O–H groups in total. The van der Waals surface area contributed by atoms with E-state index >= 15 is 0 Å². The summed E-state index contributed by atoms with van der Waals surface area (Å²) in [6.45, 7) is 4.08. The molecule has 2 amide bonds. The average Bonchev–Trinajstić information content (AvgIpc) is 2.82. The lowest BCUT2D eigenvalue weighted by atomic mass is 9.75. The summed E-state index contributed by atoms with van der Waals surface area (Å²) >= 11 is 0. The van der Waals surface area contributed by atoms with E-state index in [4.69, 9.17) is 0 Å². The van der Waals surface area contributed by atoms with Gasteiger partial charge in [0.25, 0.3) is 5.91 Å². The molecule has 2 heterocycles. The van der Waals surface area contributed by atoms with Gasteiger partial charge in [-0.1, -0.05) is 19.8 Å². The first kappa shape index (κ1) is 17.9. The molecular weight excluding hydrogens is 318 g/mol. The number of aliphatic hydroxyl groups is 1. The lowest BCUT2D eigenvalue weighted by Gasteiger charge is -2.37. The van der Waals surface area contributed by atoms with E-state index in [0.29, 0.717) is 12.1 Å². The topological polar surface area (TPSA) is 82.5 Å². The molecule has 6 heteroatoms. The van der Waals surface area contributed by atoms with Gasteiger partial charge in [0, 0.05) is 42.9 Å². The lowest BCUT2D eigenvalue weighted by molar-refractivity contribution is -0.133. The summed E-state index contributed by atoms with van der Waals surface area (Å²) in [6, 6.07) is 3.31. The van der Waals surface area contributed by atoms with Crippen LogP contribution < -0.4 is 5.32 Å².